The number of pyridine rings is 1. The van der Waals surface area contributed by atoms with Crippen LogP contribution in [0.25, 0.3) is 11.3 Å². The van der Waals surface area contributed by atoms with Gasteiger partial charge in [0.05, 0.1) is 23.1 Å². The summed E-state index contributed by atoms with van der Waals surface area (Å²) in [5.41, 5.74) is 2.27. The SMILES string of the molecule is O=S(=O)(NCc1ccc(-c2ccoc2)nc1)c1cccc(F)c1. The molecular formula is C16H13FN2O3S. The molecule has 0 bridgehead atoms. The third-order valence-corrected chi connectivity index (χ3v) is 4.61. The van der Waals surface area contributed by atoms with Crippen molar-refractivity contribution in [2.75, 3.05) is 0 Å². The number of benzene rings is 1. The molecule has 0 aliphatic carbocycles. The fourth-order valence-corrected chi connectivity index (χ4v) is 3.05. The van der Waals surface area contributed by atoms with E-state index in [1.165, 1.54) is 18.2 Å². The standard InChI is InChI=1S/C16H13FN2O3S/c17-14-2-1-3-15(8-14)23(20,21)19-10-12-4-5-16(18-9-12)13-6-7-22-11-13/h1-9,11,19H,10H2. The molecule has 5 nitrogen and oxygen atoms in total. The van der Waals surface area contributed by atoms with Crippen molar-refractivity contribution in [2.45, 2.75) is 11.4 Å². The highest BCUT2D eigenvalue weighted by atomic mass is 32.2. The lowest BCUT2D eigenvalue weighted by Crippen LogP contribution is -2.23. The second-order valence-corrected chi connectivity index (χ2v) is 6.61. The van der Waals surface area contributed by atoms with Crippen LogP contribution in [0.15, 0.2) is 70.5 Å². The molecule has 2 aromatic heterocycles. The van der Waals surface area contributed by atoms with Crippen molar-refractivity contribution in [3.05, 3.63) is 72.6 Å². The number of nitrogens with one attached hydrogen (secondary N) is 1. The molecule has 0 atom stereocenters. The number of rotatable bonds is 5. The maximum absolute atomic E-state index is 13.1. The molecular weight excluding hydrogens is 319 g/mol. The first kappa shape index (κ1) is 15.4. The first-order chi connectivity index (χ1) is 11.0. The minimum absolute atomic E-state index is 0.0670. The summed E-state index contributed by atoms with van der Waals surface area (Å²) in [4.78, 5) is 4.14. The van der Waals surface area contributed by atoms with E-state index in [0.29, 0.717) is 5.56 Å². The zero-order chi connectivity index (χ0) is 16.3. The van der Waals surface area contributed by atoms with Crippen molar-refractivity contribution >= 4 is 10.0 Å². The smallest absolute Gasteiger partial charge is 0.240 e. The molecule has 0 saturated heterocycles. The van der Waals surface area contributed by atoms with E-state index < -0.39 is 15.8 Å². The first-order valence-electron chi connectivity index (χ1n) is 6.77. The predicted molar refractivity (Wildman–Crippen MR) is 82.4 cm³/mol. The molecule has 0 unspecified atom stereocenters. The second kappa shape index (κ2) is 6.31. The van der Waals surface area contributed by atoms with Gasteiger partial charge in [-0.3, -0.25) is 4.98 Å². The van der Waals surface area contributed by atoms with Crippen molar-refractivity contribution in [1.29, 1.82) is 0 Å². The van der Waals surface area contributed by atoms with Gasteiger partial charge in [0.25, 0.3) is 0 Å². The Labute approximate surface area is 132 Å². The molecule has 7 heteroatoms. The molecule has 0 amide bonds. The molecule has 3 aromatic rings. The molecule has 3 rings (SSSR count). The summed E-state index contributed by atoms with van der Waals surface area (Å²) in [5.74, 6) is -0.598. The highest BCUT2D eigenvalue weighted by Gasteiger charge is 2.14. The first-order valence-corrected chi connectivity index (χ1v) is 8.26. The minimum Gasteiger partial charge on any atom is -0.472 e. The Morgan fingerprint density at radius 3 is 2.70 bits per heavy atom. The zero-order valence-electron chi connectivity index (χ0n) is 11.9. The summed E-state index contributed by atoms with van der Waals surface area (Å²) in [6.45, 7) is 0.0670. The predicted octanol–water partition coefficient (Wildman–Crippen LogP) is 2.96. The molecule has 1 N–H and O–H groups in total. The third-order valence-electron chi connectivity index (χ3n) is 3.21. The number of halogens is 1. The Balaban J connectivity index is 1.70. The zero-order valence-corrected chi connectivity index (χ0v) is 12.8. The van der Waals surface area contributed by atoms with Crippen molar-refractivity contribution in [3.8, 4) is 11.3 Å². The van der Waals surface area contributed by atoms with Gasteiger partial charge in [-0.15, -0.1) is 0 Å². The average Bonchev–Trinajstić information content (AvgIpc) is 3.08. The van der Waals surface area contributed by atoms with Crippen molar-refractivity contribution in [3.63, 3.8) is 0 Å². The third kappa shape index (κ3) is 3.64. The normalized spacial score (nSPS) is 11.5. The van der Waals surface area contributed by atoms with E-state index in [2.05, 4.69) is 9.71 Å². The summed E-state index contributed by atoms with van der Waals surface area (Å²) in [6, 6.07) is 10.2. The van der Waals surface area contributed by atoms with Crippen LogP contribution in [-0.2, 0) is 16.6 Å². The van der Waals surface area contributed by atoms with Gasteiger partial charge in [0.2, 0.25) is 10.0 Å². The van der Waals surface area contributed by atoms with Crippen LogP contribution in [0.2, 0.25) is 0 Å². The van der Waals surface area contributed by atoms with Crippen LogP contribution < -0.4 is 4.72 Å². The van der Waals surface area contributed by atoms with Crippen molar-refractivity contribution < 1.29 is 17.2 Å². The average molecular weight is 332 g/mol. The summed E-state index contributed by atoms with van der Waals surface area (Å²) in [5, 5.41) is 0. The van der Waals surface area contributed by atoms with Gasteiger partial charge in [0, 0.05) is 18.3 Å². The number of aromatic nitrogens is 1. The fraction of sp³-hybridized carbons (Fsp3) is 0.0625. The quantitative estimate of drug-likeness (QED) is 0.780. The number of sulfonamides is 1. The number of hydrogen-bond donors (Lipinski definition) is 1. The lowest BCUT2D eigenvalue weighted by atomic mass is 10.2. The molecule has 0 aliphatic rings. The van der Waals surface area contributed by atoms with Crippen molar-refractivity contribution in [1.82, 2.24) is 9.71 Å². The molecule has 0 radical (unpaired) electrons. The maximum Gasteiger partial charge on any atom is 0.240 e. The van der Waals surface area contributed by atoms with Crippen LogP contribution in [0.1, 0.15) is 5.56 Å². The highest BCUT2D eigenvalue weighted by Crippen LogP contribution is 2.17. The van der Waals surface area contributed by atoms with Crippen LogP contribution in [0.3, 0.4) is 0 Å². The minimum atomic E-state index is -3.77. The van der Waals surface area contributed by atoms with Gasteiger partial charge in [-0.2, -0.15) is 0 Å². The molecule has 23 heavy (non-hydrogen) atoms. The van der Waals surface area contributed by atoms with Gasteiger partial charge in [0.1, 0.15) is 5.82 Å². The number of furan rings is 1. The van der Waals surface area contributed by atoms with Gasteiger partial charge >= 0.3 is 0 Å². The monoisotopic (exact) mass is 332 g/mol. The van der Waals surface area contributed by atoms with Crippen LogP contribution in [0.4, 0.5) is 4.39 Å². The largest absolute Gasteiger partial charge is 0.472 e. The second-order valence-electron chi connectivity index (χ2n) is 4.85. The molecule has 0 spiro atoms. The topological polar surface area (TPSA) is 72.2 Å². The number of hydrogen-bond acceptors (Lipinski definition) is 4. The van der Waals surface area contributed by atoms with Gasteiger partial charge in [-0.05, 0) is 35.9 Å². The molecule has 1 aromatic carbocycles. The molecule has 0 fully saturated rings. The Kier molecular flexibility index (Phi) is 4.22. The van der Waals surface area contributed by atoms with Crippen LogP contribution in [-0.4, -0.2) is 13.4 Å². The number of nitrogens with zero attached hydrogens (tertiary/aromatic N) is 1. The lowest BCUT2D eigenvalue weighted by molar-refractivity contribution is 0.568. The Morgan fingerprint density at radius 2 is 2.04 bits per heavy atom. The maximum atomic E-state index is 13.1. The van der Waals surface area contributed by atoms with Crippen LogP contribution in [0, 0.1) is 5.82 Å². The van der Waals surface area contributed by atoms with Gasteiger partial charge in [-0.25, -0.2) is 17.5 Å². The summed E-state index contributed by atoms with van der Waals surface area (Å²) in [7, 11) is -3.77. The van der Waals surface area contributed by atoms with Crippen molar-refractivity contribution in [2.24, 2.45) is 0 Å². The summed E-state index contributed by atoms with van der Waals surface area (Å²) in [6.07, 6.45) is 4.71. The molecule has 0 aliphatic heterocycles. The van der Waals surface area contributed by atoms with E-state index in [1.54, 1.807) is 36.9 Å². The summed E-state index contributed by atoms with van der Waals surface area (Å²) >= 11 is 0. The van der Waals surface area contributed by atoms with Gasteiger partial charge < -0.3 is 4.42 Å². The molecule has 118 valence electrons. The van der Waals surface area contributed by atoms with E-state index >= 15 is 0 Å². The van der Waals surface area contributed by atoms with E-state index in [-0.39, 0.29) is 11.4 Å². The van der Waals surface area contributed by atoms with Crippen LogP contribution in [0.5, 0.6) is 0 Å². The van der Waals surface area contributed by atoms with E-state index in [0.717, 1.165) is 17.3 Å². The van der Waals surface area contributed by atoms with Gasteiger partial charge in [0.15, 0.2) is 0 Å². The Hall–Kier alpha value is -2.51. The Morgan fingerprint density at radius 1 is 1.17 bits per heavy atom. The van der Waals surface area contributed by atoms with Crippen LogP contribution >= 0.6 is 0 Å². The lowest BCUT2D eigenvalue weighted by Gasteiger charge is -2.07. The molecule has 2 heterocycles. The fourth-order valence-electron chi connectivity index (χ4n) is 2.01. The highest BCUT2D eigenvalue weighted by molar-refractivity contribution is 7.89. The van der Waals surface area contributed by atoms with E-state index in [4.69, 9.17) is 4.42 Å². The Bertz CT molecular complexity index is 891. The van der Waals surface area contributed by atoms with E-state index in [1.807, 2.05) is 0 Å². The van der Waals surface area contributed by atoms with E-state index in [9.17, 15) is 12.8 Å². The molecule has 0 saturated carbocycles. The summed E-state index contributed by atoms with van der Waals surface area (Å²) < 4.78 is 44.7. The van der Waals surface area contributed by atoms with Gasteiger partial charge in [-0.1, -0.05) is 12.1 Å².